The first-order valence-corrected chi connectivity index (χ1v) is 9.86. The van der Waals surface area contributed by atoms with Gasteiger partial charge in [-0.3, -0.25) is 0 Å². The van der Waals surface area contributed by atoms with Crippen LogP contribution in [-0.4, -0.2) is 40.9 Å². The Bertz CT molecular complexity index is 738. The number of benzene rings is 1. The summed E-state index contributed by atoms with van der Waals surface area (Å²) in [5.74, 6) is 2.35. The van der Waals surface area contributed by atoms with E-state index in [1.54, 1.807) is 0 Å². The third-order valence-corrected chi connectivity index (χ3v) is 5.89. The van der Waals surface area contributed by atoms with E-state index in [1.807, 2.05) is 0 Å². The van der Waals surface area contributed by atoms with Crippen LogP contribution in [0.3, 0.4) is 0 Å². The third kappa shape index (κ3) is 2.97. The number of hydrogen-bond donors (Lipinski definition) is 1. The molecule has 0 atom stereocenters. The lowest BCUT2D eigenvalue weighted by Crippen LogP contribution is -2.33. The van der Waals surface area contributed by atoms with Crippen LogP contribution in [0.4, 0.5) is 5.82 Å². The Morgan fingerprint density at radius 2 is 1.96 bits per heavy atom. The highest BCUT2D eigenvalue weighted by atomic mass is 15.3. The first kappa shape index (κ1) is 16.6. The first-order valence-electron chi connectivity index (χ1n) is 9.86. The van der Waals surface area contributed by atoms with Crippen molar-refractivity contribution in [2.75, 3.05) is 31.5 Å². The largest absolute Gasteiger partial charge is 0.369 e. The second kappa shape index (κ2) is 6.83. The minimum atomic E-state index is 0.494. The minimum absolute atomic E-state index is 0.494. The van der Waals surface area contributed by atoms with Gasteiger partial charge in [-0.15, -0.1) is 0 Å². The lowest BCUT2D eigenvalue weighted by atomic mass is 9.91. The molecule has 0 unspecified atom stereocenters. The molecule has 2 aliphatic heterocycles. The molecule has 0 spiro atoms. The Kier molecular flexibility index (Phi) is 4.55. The number of piperidine rings is 1. The van der Waals surface area contributed by atoms with Crippen molar-refractivity contribution >= 4 is 5.82 Å². The summed E-state index contributed by atoms with van der Waals surface area (Å²) in [4.78, 5) is 2.56. The van der Waals surface area contributed by atoms with Gasteiger partial charge in [0, 0.05) is 18.0 Å². The van der Waals surface area contributed by atoms with Gasteiger partial charge in [0.25, 0.3) is 0 Å². The number of hydrogen-bond acceptors (Lipinski definition) is 3. The van der Waals surface area contributed by atoms with E-state index in [-0.39, 0.29) is 0 Å². The van der Waals surface area contributed by atoms with Crippen molar-refractivity contribution in [1.82, 2.24) is 14.7 Å². The molecule has 0 bridgehead atoms. The fourth-order valence-electron chi connectivity index (χ4n) is 4.39. The molecule has 2 aliphatic rings. The molecule has 0 amide bonds. The van der Waals surface area contributed by atoms with E-state index >= 15 is 0 Å². The van der Waals surface area contributed by atoms with E-state index in [2.05, 4.69) is 59.9 Å². The van der Waals surface area contributed by atoms with Crippen LogP contribution in [0, 0.1) is 0 Å². The Labute approximate surface area is 151 Å². The summed E-state index contributed by atoms with van der Waals surface area (Å²) in [6.07, 6.45) is 3.59. The van der Waals surface area contributed by atoms with Crippen LogP contribution in [0.2, 0.25) is 0 Å². The smallest absolute Gasteiger partial charge is 0.133 e. The number of fused-ring (bicyclic) bond motifs is 1. The average Bonchev–Trinajstić information content (AvgIpc) is 3.24. The highest BCUT2D eigenvalue weighted by Gasteiger charge is 2.30. The Morgan fingerprint density at radius 3 is 2.68 bits per heavy atom. The van der Waals surface area contributed by atoms with Crippen LogP contribution in [0.15, 0.2) is 24.3 Å². The summed E-state index contributed by atoms with van der Waals surface area (Å²) in [5, 5.41) is 8.76. The third-order valence-electron chi connectivity index (χ3n) is 5.89. The normalized spacial score (nSPS) is 18.6. The molecule has 1 aromatic carbocycles. The lowest BCUT2D eigenvalue weighted by molar-refractivity contribution is 0.220. The van der Waals surface area contributed by atoms with E-state index in [0.29, 0.717) is 11.8 Å². The molecule has 1 saturated heterocycles. The zero-order valence-electron chi connectivity index (χ0n) is 15.8. The van der Waals surface area contributed by atoms with Gasteiger partial charge in [-0.1, -0.05) is 39.0 Å². The summed E-state index contributed by atoms with van der Waals surface area (Å²) >= 11 is 0. The molecule has 0 radical (unpaired) electrons. The van der Waals surface area contributed by atoms with Crippen LogP contribution >= 0.6 is 0 Å². The molecule has 25 heavy (non-hydrogen) atoms. The number of rotatable bonds is 4. The molecule has 4 nitrogen and oxygen atoms in total. The second-order valence-corrected chi connectivity index (χ2v) is 7.72. The SMILES string of the molecule is CCN1CCC(c2nn(-c3ccccc3C(C)C)c3c2CCN3)CC1. The van der Waals surface area contributed by atoms with E-state index in [0.717, 1.165) is 13.0 Å². The molecular formula is C21H30N4. The van der Waals surface area contributed by atoms with E-state index in [1.165, 1.54) is 60.8 Å². The molecule has 3 heterocycles. The van der Waals surface area contributed by atoms with Gasteiger partial charge in [0.15, 0.2) is 0 Å². The van der Waals surface area contributed by atoms with Crippen molar-refractivity contribution < 1.29 is 0 Å². The van der Waals surface area contributed by atoms with Gasteiger partial charge in [0.2, 0.25) is 0 Å². The van der Waals surface area contributed by atoms with Crippen molar-refractivity contribution in [3.05, 3.63) is 41.1 Å². The summed E-state index contributed by atoms with van der Waals surface area (Å²) < 4.78 is 2.19. The second-order valence-electron chi connectivity index (χ2n) is 7.72. The fourth-order valence-corrected chi connectivity index (χ4v) is 4.39. The Morgan fingerprint density at radius 1 is 1.20 bits per heavy atom. The summed E-state index contributed by atoms with van der Waals surface area (Å²) in [7, 11) is 0. The molecule has 4 heteroatoms. The maximum absolute atomic E-state index is 5.16. The van der Waals surface area contributed by atoms with Crippen LogP contribution < -0.4 is 5.32 Å². The zero-order valence-corrected chi connectivity index (χ0v) is 15.8. The van der Waals surface area contributed by atoms with Gasteiger partial charge in [-0.2, -0.15) is 5.10 Å². The number of nitrogens with one attached hydrogen (secondary N) is 1. The number of likely N-dealkylation sites (tertiary alicyclic amines) is 1. The average molecular weight is 338 g/mol. The quantitative estimate of drug-likeness (QED) is 0.908. The number of para-hydroxylation sites is 1. The molecule has 1 fully saturated rings. The van der Waals surface area contributed by atoms with Gasteiger partial charge < -0.3 is 10.2 Å². The van der Waals surface area contributed by atoms with E-state index in [4.69, 9.17) is 5.10 Å². The van der Waals surface area contributed by atoms with Crippen molar-refractivity contribution in [1.29, 1.82) is 0 Å². The molecule has 2 aromatic rings. The molecule has 0 aliphatic carbocycles. The van der Waals surface area contributed by atoms with Crippen molar-refractivity contribution in [3.8, 4) is 5.69 Å². The van der Waals surface area contributed by atoms with E-state index in [9.17, 15) is 0 Å². The zero-order chi connectivity index (χ0) is 17.4. The molecule has 134 valence electrons. The van der Waals surface area contributed by atoms with Crippen molar-refractivity contribution in [2.45, 2.75) is 51.9 Å². The fraction of sp³-hybridized carbons (Fsp3) is 0.571. The Balaban J connectivity index is 1.72. The van der Waals surface area contributed by atoms with Gasteiger partial charge in [-0.25, -0.2) is 4.68 Å². The van der Waals surface area contributed by atoms with Crippen molar-refractivity contribution in [2.24, 2.45) is 0 Å². The maximum Gasteiger partial charge on any atom is 0.133 e. The lowest BCUT2D eigenvalue weighted by Gasteiger charge is -2.30. The van der Waals surface area contributed by atoms with Crippen LogP contribution in [-0.2, 0) is 6.42 Å². The van der Waals surface area contributed by atoms with Crippen LogP contribution in [0.1, 0.15) is 62.3 Å². The predicted molar refractivity (Wildman–Crippen MR) is 104 cm³/mol. The maximum atomic E-state index is 5.16. The number of anilines is 1. The summed E-state index contributed by atoms with van der Waals surface area (Å²) in [6.45, 7) is 11.4. The van der Waals surface area contributed by atoms with Crippen molar-refractivity contribution in [3.63, 3.8) is 0 Å². The van der Waals surface area contributed by atoms with Crippen LogP contribution in [0.5, 0.6) is 0 Å². The van der Waals surface area contributed by atoms with Gasteiger partial charge in [0.05, 0.1) is 11.4 Å². The van der Waals surface area contributed by atoms with Gasteiger partial charge >= 0.3 is 0 Å². The highest BCUT2D eigenvalue weighted by molar-refractivity contribution is 5.59. The number of aromatic nitrogens is 2. The molecule has 4 rings (SSSR count). The topological polar surface area (TPSA) is 33.1 Å². The summed E-state index contributed by atoms with van der Waals surface area (Å²) in [6, 6.07) is 8.72. The number of nitrogens with zero attached hydrogens (tertiary/aromatic N) is 3. The Hall–Kier alpha value is -1.81. The summed E-state index contributed by atoms with van der Waals surface area (Å²) in [5.41, 5.74) is 5.43. The van der Waals surface area contributed by atoms with E-state index < -0.39 is 0 Å². The molecule has 1 N–H and O–H groups in total. The molecule has 1 aromatic heterocycles. The highest BCUT2D eigenvalue weighted by Crippen LogP contribution is 2.38. The first-order chi connectivity index (χ1) is 12.2. The van der Waals surface area contributed by atoms with Gasteiger partial charge in [-0.05, 0) is 56.4 Å². The standard InChI is InChI=1S/C21H30N4/c1-4-24-13-10-16(11-14-24)20-18-9-12-22-21(18)25(23-20)19-8-6-5-7-17(19)15(2)3/h5-8,15-16,22H,4,9-14H2,1-3H3. The molecule has 0 saturated carbocycles. The molecular weight excluding hydrogens is 308 g/mol. The minimum Gasteiger partial charge on any atom is -0.369 e. The predicted octanol–water partition coefficient (Wildman–Crippen LogP) is 4.16. The van der Waals surface area contributed by atoms with Crippen LogP contribution in [0.25, 0.3) is 5.69 Å². The monoisotopic (exact) mass is 338 g/mol. The van der Waals surface area contributed by atoms with Gasteiger partial charge in [0.1, 0.15) is 5.82 Å².